The van der Waals surface area contributed by atoms with Crippen LogP contribution in [0.25, 0.3) is 0 Å². The Labute approximate surface area is 109 Å². The topological polar surface area (TPSA) is 52.6 Å². The molecule has 1 rings (SSSR count). The minimum absolute atomic E-state index is 0.592. The lowest BCUT2D eigenvalue weighted by atomic mass is 10.0. The summed E-state index contributed by atoms with van der Waals surface area (Å²) >= 11 is 0. The van der Waals surface area contributed by atoms with Crippen molar-refractivity contribution in [1.29, 1.82) is 0 Å². The van der Waals surface area contributed by atoms with E-state index in [1.165, 1.54) is 27.7 Å². The molecule has 0 spiro atoms. The number of carbonyl (C=O) groups is 2. The Kier molecular flexibility index (Phi) is 4.17. The largest absolute Gasteiger partial charge is 0.462 e. The summed E-state index contributed by atoms with van der Waals surface area (Å²) in [5.74, 6) is -4.33. The van der Waals surface area contributed by atoms with Gasteiger partial charge in [-0.25, -0.2) is 0 Å². The second-order valence-electron chi connectivity index (χ2n) is 5.18. The Morgan fingerprint density at radius 1 is 1.05 bits per heavy atom. The Morgan fingerprint density at radius 2 is 1.42 bits per heavy atom. The molecule has 1 unspecified atom stereocenters. The van der Waals surface area contributed by atoms with Crippen LogP contribution >= 0.6 is 0 Å². The average Bonchev–Trinajstić information content (AvgIpc) is 2.89. The predicted octanol–water partition coefficient (Wildman–Crippen LogP) is 2.46. The van der Waals surface area contributed by atoms with Gasteiger partial charge in [0.15, 0.2) is 5.41 Å². The molecule has 110 valence electrons. The first-order valence-electron chi connectivity index (χ1n) is 6.00. The van der Waals surface area contributed by atoms with Crippen LogP contribution in [0.15, 0.2) is 0 Å². The predicted molar refractivity (Wildman–Crippen MR) is 59.1 cm³/mol. The molecule has 4 nitrogen and oxygen atoms in total. The third-order valence-electron chi connectivity index (χ3n) is 2.77. The maximum atomic E-state index is 12.7. The fraction of sp³-hybridized carbons (Fsp3) is 0.833. The fourth-order valence-electron chi connectivity index (χ4n) is 1.83. The van der Waals surface area contributed by atoms with Gasteiger partial charge in [0.2, 0.25) is 0 Å². The van der Waals surface area contributed by atoms with Crippen molar-refractivity contribution < 1.29 is 32.2 Å². The molecule has 0 saturated heterocycles. The van der Waals surface area contributed by atoms with Gasteiger partial charge in [-0.3, -0.25) is 9.59 Å². The zero-order valence-electron chi connectivity index (χ0n) is 11.2. The van der Waals surface area contributed by atoms with Crippen LogP contribution < -0.4 is 0 Å². The summed E-state index contributed by atoms with van der Waals surface area (Å²) in [6.07, 6.45) is -6.41. The standard InChI is InChI=1S/C12H17F3O4/c1-6(2)18-9(16)11(10(17)19-7(3)4)5-8(11)12(13,14)15/h6-8H,5H2,1-4H3. The van der Waals surface area contributed by atoms with E-state index >= 15 is 0 Å². The first-order chi connectivity index (χ1) is 8.51. The summed E-state index contributed by atoms with van der Waals surface area (Å²) in [6.45, 7) is 6.02. The molecule has 1 aliphatic rings. The molecule has 0 heterocycles. The lowest BCUT2D eigenvalue weighted by Gasteiger charge is -2.19. The van der Waals surface area contributed by atoms with Crippen molar-refractivity contribution in [3.8, 4) is 0 Å². The summed E-state index contributed by atoms with van der Waals surface area (Å²) in [4.78, 5) is 23.6. The molecule has 1 atom stereocenters. The van der Waals surface area contributed by atoms with Gasteiger partial charge in [-0.05, 0) is 34.1 Å². The van der Waals surface area contributed by atoms with E-state index in [9.17, 15) is 22.8 Å². The zero-order chi connectivity index (χ0) is 15.0. The number of hydrogen-bond donors (Lipinski definition) is 0. The number of carbonyl (C=O) groups excluding carboxylic acids is 2. The van der Waals surface area contributed by atoms with E-state index < -0.39 is 48.1 Å². The van der Waals surface area contributed by atoms with Gasteiger partial charge in [-0.15, -0.1) is 0 Å². The summed E-state index contributed by atoms with van der Waals surface area (Å²) in [6, 6.07) is 0. The van der Waals surface area contributed by atoms with Crippen LogP contribution in [0.3, 0.4) is 0 Å². The van der Waals surface area contributed by atoms with Crippen molar-refractivity contribution in [1.82, 2.24) is 0 Å². The van der Waals surface area contributed by atoms with Gasteiger partial charge in [0, 0.05) is 0 Å². The highest BCUT2D eigenvalue weighted by molar-refractivity contribution is 6.04. The third-order valence-corrected chi connectivity index (χ3v) is 2.77. The van der Waals surface area contributed by atoms with Crippen molar-refractivity contribution in [2.45, 2.75) is 52.5 Å². The second-order valence-corrected chi connectivity index (χ2v) is 5.18. The second kappa shape index (κ2) is 5.02. The van der Waals surface area contributed by atoms with Crippen molar-refractivity contribution in [3.05, 3.63) is 0 Å². The van der Waals surface area contributed by atoms with E-state index in [1.807, 2.05) is 0 Å². The van der Waals surface area contributed by atoms with E-state index in [2.05, 4.69) is 0 Å². The normalized spacial score (nSPS) is 21.4. The molecule has 0 aromatic carbocycles. The van der Waals surface area contributed by atoms with Gasteiger partial charge in [-0.1, -0.05) is 0 Å². The van der Waals surface area contributed by atoms with Gasteiger partial charge in [0.25, 0.3) is 0 Å². The number of esters is 2. The van der Waals surface area contributed by atoms with Gasteiger partial charge in [-0.2, -0.15) is 13.2 Å². The maximum absolute atomic E-state index is 12.7. The summed E-state index contributed by atoms with van der Waals surface area (Å²) < 4.78 is 47.7. The highest BCUT2D eigenvalue weighted by Crippen LogP contribution is 2.61. The summed E-state index contributed by atoms with van der Waals surface area (Å²) in [7, 11) is 0. The number of halogens is 3. The number of ether oxygens (including phenoxy) is 2. The molecule has 0 bridgehead atoms. The smallest absolute Gasteiger partial charge is 0.393 e. The Hall–Kier alpha value is -1.27. The quantitative estimate of drug-likeness (QED) is 0.587. The molecule has 7 heteroatoms. The molecule has 0 aromatic rings. The van der Waals surface area contributed by atoms with Crippen LogP contribution in [0.5, 0.6) is 0 Å². The van der Waals surface area contributed by atoms with Crippen LogP contribution in [0, 0.1) is 11.3 Å². The maximum Gasteiger partial charge on any atom is 0.393 e. The average molecular weight is 282 g/mol. The van der Waals surface area contributed by atoms with Crippen LogP contribution in [-0.4, -0.2) is 30.3 Å². The number of rotatable bonds is 4. The third kappa shape index (κ3) is 3.19. The van der Waals surface area contributed by atoms with Gasteiger partial charge >= 0.3 is 18.1 Å². The van der Waals surface area contributed by atoms with Gasteiger partial charge in [0.05, 0.1) is 18.1 Å². The lowest BCUT2D eigenvalue weighted by Crippen LogP contribution is -2.37. The molecule has 0 aliphatic heterocycles. The lowest BCUT2D eigenvalue weighted by molar-refractivity contribution is -0.186. The minimum atomic E-state index is -4.62. The molecule has 1 fully saturated rings. The molecule has 0 aromatic heterocycles. The van der Waals surface area contributed by atoms with E-state index in [1.54, 1.807) is 0 Å². The minimum Gasteiger partial charge on any atom is -0.462 e. The number of alkyl halides is 3. The number of hydrogen-bond acceptors (Lipinski definition) is 4. The molecular weight excluding hydrogens is 265 g/mol. The van der Waals surface area contributed by atoms with Crippen LogP contribution in [0.4, 0.5) is 13.2 Å². The molecule has 1 saturated carbocycles. The highest BCUT2D eigenvalue weighted by atomic mass is 19.4. The first kappa shape index (κ1) is 15.8. The molecule has 0 N–H and O–H groups in total. The van der Waals surface area contributed by atoms with Crippen LogP contribution in [-0.2, 0) is 19.1 Å². The Morgan fingerprint density at radius 3 is 1.63 bits per heavy atom. The van der Waals surface area contributed by atoms with Crippen molar-refractivity contribution >= 4 is 11.9 Å². The van der Waals surface area contributed by atoms with E-state index in [-0.39, 0.29) is 0 Å². The van der Waals surface area contributed by atoms with E-state index in [0.717, 1.165) is 0 Å². The van der Waals surface area contributed by atoms with Gasteiger partial charge < -0.3 is 9.47 Å². The fourth-order valence-corrected chi connectivity index (χ4v) is 1.83. The summed E-state index contributed by atoms with van der Waals surface area (Å²) in [5.41, 5.74) is -2.22. The van der Waals surface area contributed by atoms with E-state index in [0.29, 0.717) is 0 Å². The molecule has 1 aliphatic carbocycles. The van der Waals surface area contributed by atoms with Crippen LogP contribution in [0.1, 0.15) is 34.1 Å². The van der Waals surface area contributed by atoms with Crippen LogP contribution in [0.2, 0.25) is 0 Å². The molecule has 0 radical (unpaired) electrons. The Bertz CT molecular complexity index is 352. The van der Waals surface area contributed by atoms with Crippen molar-refractivity contribution in [3.63, 3.8) is 0 Å². The van der Waals surface area contributed by atoms with Crippen molar-refractivity contribution in [2.24, 2.45) is 11.3 Å². The first-order valence-corrected chi connectivity index (χ1v) is 6.00. The van der Waals surface area contributed by atoms with Crippen molar-refractivity contribution in [2.75, 3.05) is 0 Å². The van der Waals surface area contributed by atoms with Gasteiger partial charge in [0.1, 0.15) is 0 Å². The monoisotopic (exact) mass is 282 g/mol. The Balaban J connectivity index is 2.95. The van der Waals surface area contributed by atoms with E-state index in [4.69, 9.17) is 9.47 Å². The zero-order valence-corrected chi connectivity index (χ0v) is 11.2. The molecular formula is C12H17F3O4. The molecule has 19 heavy (non-hydrogen) atoms. The summed E-state index contributed by atoms with van der Waals surface area (Å²) in [5, 5.41) is 0. The highest BCUT2D eigenvalue weighted by Gasteiger charge is 2.77. The SMILES string of the molecule is CC(C)OC(=O)C1(C(=O)OC(C)C)CC1C(F)(F)F. The molecule has 0 amide bonds.